The van der Waals surface area contributed by atoms with E-state index in [4.69, 9.17) is 0 Å². The number of thioether (sulfide) groups is 1. The van der Waals surface area contributed by atoms with E-state index >= 15 is 0 Å². The summed E-state index contributed by atoms with van der Waals surface area (Å²) in [5.41, 5.74) is 1.76. The van der Waals surface area contributed by atoms with Crippen LogP contribution in [0.25, 0.3) is 0 Å². The molecule has 2 aromatic carbocycles. The van der Waals surface area contributed by atoms with Crippen LogP contribution in [-0.4, -0.2) is 64.5 Å². The van der Waals surface area contributed by atoms with E-state index in [-0.39, 0.29) is 23.0 Å². The normalized spacial score (nSPS) is 23.5. The van der Waals surface area contributed by atoms with Crippen LogP contribution in [0.1, 0.15) is 85.5 Å². The number of aliphatic hydroxyl groups is 1. The van der Waals surface area contributed by atoms with Crippen LogP contribution in [0, 0.1) is 5.82 Å². The van der Waals surface area contributed by atoms with Gasteiger partial charge in [0.1, 0.15) is 16.8 Å². The molecule has 1 atom stereocenters. The number of carbonyl (C=O) groups is 2. The number of hydrogen-bond acceptors (Lipinski definition) is 5. The number of piperazine rings is 1. The summed E-state index contributed by atoms with van der Waals surface area (Å²) in [6, 6.07) is 13.4. The average Bonchev–Trinajstić information content (AvgIpc) is 3.56. The molecule has 0 spiro atoms. The second-order valence-corrected chi connectivity index (χ2v) is 12.7. The van der Waals surface area contributed by atoms with Crippen molar-refractivity contribution in [2.24, 2.45) is 0 Å². The Kier molecular flexibility index (Phi) is 7.60. The average molecular weight is 552 g/mol. The number of anilines is 1. The van der Waals surface area contributed by atoms with Gasteiger partial charge in [0, 0.05) is 42.7 Å². The molecule has 8 heteroatoms. The van der Waals surface area contributed by atoms with E-state index in [1.807, 2.05) is 29.2 Å². The lowest BCUT2D eigenvalue weighted by molar-refractivity contribution is -0.143. The van der Waals surface area contributed by atoms with Crippen LogP contribution < -0.4 is 4.90 Å². The third-order valence-corrected chi connectivity index (χ3v) is 10.1. The minimum Gasteiger partial charge on any atom is -0.380 e. The lowest BCUT2D eigenvalue weighted by atomic mass is 10.0. The molecule has 2 aliphatic carbocycles. The molecule has 0 bridgehead atoms. The van der Waals surface area contributed by atoms with Gasteiger partial charge < -0.3 is 19.8 Å². The number of nitrogens with zero attached hydrogens (tertiary/aromatic N) is 3. The van der Waals surface area contributed by atoms with Crippen molar-refractivity contribution in [3.8, 4) is 0 Å². The van der Waals surface area contributed by atoms with Crippen molar-refractivity contribution in [1.29, 1.82) is 0 Å². The highest BCUT2D eigenvalue weighted by molar-refractivity contribution is 8.00. The Morgan fingerprint density at radius 3 is 2.10 bits per heavy atom. The molecule has 3 fully saturated rings. The molecule has 39 heavy (non-hydrogen) atoms. The smallest absolute Gasteiger partial charge is 0.254 e. The van der Waals surface area contributed by atoms with Crippen molar-refractivity contribution < 1.29 is 19.1 Å². The number of benzene rings is 2. The van der Waals surface area contributed by atoms with Crippen molar-refractivity contribution in [3.05, 3.63) is 59.4 Å². The van der Waals surface area contributed by atoms with Crippen LogP contribution in [0.5, 0.6) is 0 Å². The van der Waals surface area contributed by atoms with E-state index in [0.717, 1.165) is 23.3 Å². The van der Waals surface area contributed by atoms with Crippen LogP contribution in [0.3, 0.4) is 0 Å². The molecule has 6 rings (SSSR count). The monoisotopic (exact) mass is 551 g/mol. The van der Waals surface area contributed by atoms with Gasteiger partial charge in [-0.05, 0) is 61.6 Å². The van der Waals surface area contributed by atoms with E-state index in [9.17, 15) is 19.1 Å². The molecular formula is C31H38FN3O3S. The van der Waals surface area contributed by atoms with E-state index in [2.05, 4.69) is 11.0 Å². The van der Waals surface area contributed by atoms with E-state index < -0.39 is 5.60 Å². The second kappa shape index (κ2) is 11.1. The molecule has 4 aliphatic rings. The highest BCUT2D eigenvalue weighted by atomic mass is 32.2. The predicted molar refractivity (Wildman–Crippen MR) is 151 cm³/mol. The number of carbonyl (C=O) groups excluding carboxylic acids is 2. The topological polar surface area (TPSA) is 64.1 Å². The van der Waals surface area contributed by atoms with Crippen LogP contribution in [0.15, 0.2) is 47.4 Å². The summed E-state index contributed by atoms with van der Waals surface area (Å²) in [6.45, 7) is 1.85. The fraction of sp³-hybridized carbons (Fsp3) is 0.548. The Morgan fingerprint density at radius 2 is 1.46 bits per heavy atom. The first-order valence-electron chi connectivity index (χ1n) is 14.6. The molecule has 2 aromatic rings. The SMILES string of the molecule is O=C(c1ccc2c(c1)SC(c1ccc(F)cc1)N2C1CCCCCCCC1)N1CCN(C(=O)C2(O)CC2)CC1. The number of halogens is 1. The summed E-state index contributed by atoms with van der Waals surface area (Å²) in [4.78, 5) is 33.1. The summed E-state index contributed by atoms with van der Waals surface area (Å²) in [5.74, 6) is -0.440. The van der Waals surface area contributed by atoms with Crippen LogP contribution in [0.2, 0.25) is 0 Å². The van der Waals surface area contributed by atoms with Gasteiger partial charge in [-0.25, -0.2) is 4.39 Å². The standard InChI is InChI=1S/C31H38FN3O3S/c32-24-12-9-22(10-13-24)29-35(25-7-5-3-1-2-4-6-8-25)26-14-11-23(21-27(26)39-29)28(36)33-17-19-34(20-18-33)30(37)31(38)15-16-31/h9-14,21,25,29,38H,1-8,15-20H2. The van der Waals surface area contributed by atoms with Gasteiger partial charge in [-0.15, -0.1) is 0 Å². The Hall–Kier alpha value is -2.58. The van der Waals surface area contributed by atoms with Crippen molar-refractivity contribution in [1.82, 2.24) is 9.80 Å². The van der Waals surface area contributed by atoms with Crippen molar-refractivity contribution in [2.75, 3.05) is 31.1 Å². The van der Waals surface area contributed by atoms with Crippen molar-refractivity contribution in [2.45, 2.75) is 86.1 Å². The Bertz CT molecular complexity index is 1200. The maximum Gasteiger partial charge on any atom is 0.254 e. The quantitative estimate of drug-likeness (QED) is 0.524. The molecule has 1 saturated heterocycles. The first-order valence-corrected chi connectivity index (χ1v) is 15.5. The van der Waals surface area contributed by atoms with Gasteiger partial charge >= 0.3 is 0 Å². The van der Waals surface area contributed by atoms with Gasteiger partial charge in [0.15, 0.2) is 0 Å². The van der Waals surface area contributed by atoms with Gasteiger partial charge in [-0.2, -0.15) is 0 Å². The summed E-state index contributed by atoms with van der Waals surface area (Å²) in [7, 11) is 0. The molecule has 2 amide bonds. The maximum absolute atomic E-state index is 13.8. The highest BCUT2D eigenvalue weighted by Gasteiger charge is 2.50. The zero-order chi connectivity index (χ0) is 27.0. The first-order chi connectivity index (χ1) is 18.9. The van der Waals surface area contributed by atoms with E-state index in [1.54, 1.807) is 28.8 Å². The zero-order valence-electron chi connectivity index (χ0n) is 22.5. The molecule has 1 N–H and O–H groups in total. The van der Waals surface area contributed by atoms with Gasteiger partial charge in [-0.3, -0.25) is 9.59 Å². The van der Waals surface area contributed by atoms with E-state index in [0.29, 0.717) is 50.6 Å². The Labute approximate surface area is 234 Å². The zero-order valence-corrected chi connectivity index (χ0v) is 23.3. The fourth-order valence-corrected chi connectivity index (χ4v) is 7.74. The molecule has 1 unspecified atom stereocenters. The van der Waals surface area contributed by atoms with Crippen LogP contribution >= 0.6 is 11.8 Å². The lowest BCUT2D eigenvalue weighted by Gasteiger charge is -2.36. The number of rotatable bonds is 4. The summed E-state index contributed by atoms with van der Waals surface area (Å²) < 4.78 is 13.8. The Balaban J connectivity index is 1.22. The molecule has 2 aliphatic heterocycles. The minimum absolute atomic E-state index is 0.0187. The molecule has 0 aromatic heterocycles. The Morgan fingerprint density at radius 1 is 0.846 bits per heavy atom. The number of hydrogen-bond donors (Lipinski definition) is 1. The van der Waals surface area contributed by atoms with Crippen molar-refractivity contribution in [3.63, 3.8) is 0 Å². The highest BCUT2D eigenvalue weighted by Crippen LogP contribution is 2.53. The molecule has 2 heterocycles. The molecule has 6 nitrogen and oxygen atoms in total. The third kappa shape index (κ3) is 5.55. The predicted octanol–water partition coefficient (Wildman–Crippen LogP) is 5.75. The first kappa shape index (κ1) is 26.6. The van der Waals surface area contributed by atoms with E-state index in [1.165, 1.54) is 44.2 Å². The molecule has 2 saturated carbocycles. The van der Waals surface area contributed by atoms with Crippen LogP contribution in [-0.2, 0) is 4.79 Å². The van der Waals surface area contributed by atoms with Crippen LogP contribution in [0.4, 0.5) is 10.1 Å². The largest absolute Gasteiger partial charge is 0.380 e. The molecule has 0 radical (unpaired) electrons. The molecular weight excluding hydrogens is 513 g/mol. The summed E-state index contributed by atoms with van der Waals surface area (Å²) >= 11 is 1.76. The number of fused-ring (bicyclic) bond motifs is 1. The lowest BCUT2D eigenvalue weighted by Crippen LogP contribution is -2.53. The van der Waals surface area contributed by atoms with Gasteiger partial charge in [0.2, 0.25) is 0 Å². The second-order valence-electron chi connectivity index (χ2n) is 11.6. The summed E-state index contributed by atoms with van der Waals surface area (Å²) in [5, 5.41) is 10.2. The number of amides is 2. The van der Waals surface area contributed by atoms with Gasteiger partial charge in [0.05, 0.1) is 5.69 Å². The van der Waals surface area contributed by atoms with Crippen molar-refractivity contribution >= 4 is 29.3 Å². The minimum atomic E-state index is -1.16. The summed E-state index contributed by atoms with van der Waals surface area (Å²) in [6.07, 6.45) is 11.0. The maximum atomic E-state index is 13.8. The fourth-order valence-electron chi connectivity index (χ4n) is 6.31. The van der Waals surface area contributed by atoms with Gasteiger partial charge in [-0.1, -0.05) is 62.4 Å². The molecule has 208 valence electrons. The van der Waals surface area contributed by atoms with Gasteiger partial charge in [0.25, 0.3) is 11.8 Å². The third-order valence-electron chi connectivity index (χ3n) is 8.83.